The van der Waals surface area contributed by atoms with Crippen LogP contribution in [0.1, 0.15) is 17.0 Å². The van der Waals surface area contributed by atoms with E-state index in [1.807, 2.05) is 0 Å². The van der Waals surface area contributed by atoms with E-state index in [9.17, 15) is 28.0 Å². The molecule has 3 aromatic heterocycles. The van der Waals surface area contributed by atoms with Crippen molar-refractivity contribution in [1.29, 1.82) is 5.26 Å². The first-order valence-electron chi connectivity index (χ1n) is 8.65. The van der Waals surface area contributed by atoms with Crippen LogP contribution in [-0.2, 0) is 13.2 Å². The smallest absolute Gasteiger partial charge is 0.431 e. The number of hydrogen-bond acceptors (Lipinski definition) is 6. The molecule has 1 aromatic carbocycles. The second-order valence-corrected chi connectivity index (χ2v) is 7.29. The van der Waals surface area contributed by atoms with E-state index in [4.69, 9.17) is 4.42 Å². The van der Waals surface area contributed by atoms with Crippen molar-refractivity contribution in [1.82, 2.24) is 13.5 Å². The first kappa shape index (κ1) is 20.4. The summed E-state index contributed by atoms with van der Waals surface area (Å²) in [6, 6.07) is 8.55. The summed E-state index contributed by atoms with van der Waals surface area (Å²) in [6.45, 7) is 0. The van der Waals surface area contributed by atoms with Crippen LogP contribution in [0.3, 0.4) is 0 Å². The normalized spacial score (nSPS) is 12.3. The molecular weight excluding hydrogens is 433 g/mol. The van der Waals surface area contributed by atoms with E-state index < -0.39 is 23.1 Å². The Bertz CT molecular complexity index is 1490. The Kier molecular flexibility index (Phi) is 4.87. The number of hydrogen-bond donors (Lipinski definition) is 0. The molecule has 0 aliphatic rings. The fourth-order valence-corrected chi connectivity index (χ4v) is 3.84. The van der Waals surface area contributed by atoms with Gasteiger partial charge < -0.3 is 4.42 Å². The van der Waals surface area contributed by atoms with Crippen LogP contribution in [-0.4, -0.2) is 13.5 Å². The third-order valence-corrected chi connectivity index (χ3v) is 5.38. The molecule has 0 spiro atoms. The van der Waals surface area contributed by atoms with Gasteiger partial charge in [0.1, 0.15) is 17.5 Å². The Hall–Kier alpha value is -3.91. The number of alkyl halides is 3. The lowest BCUT2D eigenvalue weighted by atomic mass is 10.1. The number of nitriles is 1. The van der Waals surface area contributed by atoms with Gasteiger partial charge in [-0.3, -0.25) is 9.36 Å². The van der Waals surface area contributed by atoms with Gasteiger partial charge in [0.2, 0.25) is 0 Å². The Morgan fingerprint density at radius 2 is 2.03 bits per heavy atom. The molecule has 11 heteroatoms. The molecule has 156 valence electrons. The van der Waals surface area contributed by atoms with Crippen LogP contribution < -0.4 is 11.2 Å². The van der Waals surface area contributed by atoms with Crippen LogP contribution in [0, 0.1) is 11.3 Å². The average Bonchev–Trinajstić information content (AvgIpc) is 3.37. The van der Waals surface area contributed by atoms with Crippen LogP contribution in [0.25, 0.3) is 27.4 Å². The zero-order chi connectivity index (χ0) is 22.3. The van der Waals surface area contributed by atoms with Crippen molar-refractivity contribution in [2.24, 2.45) is 7.05 Å². The van der Waals surface area contributed by atoms with Crippen molar-refractivity contribution in [3.05, 3.63) is 80.6 Å². The fraction of sp³-hybridized carbons (Fsp3) is 0.100. The number of halogens is 3. The molecule has 0 aliphatic heterocycles. The Balaban J connectivity index is 1.92. The van der Waals surface area contributed by atoms with E-state index in [2.05, 4.69) is 10.4 Å². The lowest BCUT2D eigenvalue weighted by molar-refractivity contribution is -0.144. The summed E-state index contributed by atoms with van der Waals surface area (Å²) in [5.41, 5.74) is -2.35. The molecule has 3 heterocycles. The molecule has 0 saturated carbocycles. The predicted molar refractivity (Wildman–Crippen MR) is 108 cm³/mol. The number of benzene rings is 1. The lowest BCUT2D eigenvalue weighted by Crippen LogP contribution is -2.40. The Labute approximate surface area is 175 Å². The molecule has 0 N–H and O–H groups in total. The summed E-state index contributed by atoms with van der Waals surface area (Å²) in [4.78, 5) is 24.9. The number of aromatic nitrogens is 3. The van der Waals surface area contributed by atoms with Crippen molar-refractivity contribution >= 4 is 33.3 Å². The van der Waals surface area contributed by atoms with Gasteiger partial charge in [0, 0.05) is 24.1 Å². The third-order valence-electron chi connectivity index (χ3n) is 4.55. The summed E-state index contributed by atoms with van der Waals surface area (Å²) in [5.74, 6) is 0. The molecule has 0 unspecified atom stereocenters. The Morgan fingerprint density at radius 1 is 1.26 bits per heavy atom. The molecule has 0 atom stereocenters. The van der Waals surface area contributed by atoms with E-state index in [0.29, 0.717) is 36.5 Å². The number of rotatable bonds is 3. The zero-order valence-corrected chi connectivity index (χ0v) is 16.5. The van der Waals surface area contributed by atoms with Gasteiger partial charge in [0.25, 0.3) is 5.56 Å². The quantitative estimate of drug-likeness (QED) is 0.448. The van der Waals surface area contributed by atoms with E-state index in [1.165, 1.54) is 24.7 Å². The van der Waals surface area contributed by atoms with Gasteiger partial charge in [-0.25, -0.2) is 9.36 Å². The minimum Gasteiger partial charge on any atom is -0.472 e. The third kappa shape index (κ3) is 3.57. The molecule has 0 radical (unpaired) electrons. The minimum absolute atomic E-state index is 0.0638. The van der Waals surface area contributed by atoms with Gasteiger partial charge in [-0.2, -0.15) is 22.8 Å². The maximum Gasteiger partial charge on any atom is 0.431 e. The second kappa shape index (κ2) is 7.41. The van der Waals surface area contributed by atoms with Crippen molar-refractivity contribution in [2.45, 2.75) is 6.18 Å². The van der Waals surface area contributed by atoms with Crippen molar-refractivity contribution in [3.8, 4) is 11.8 Å². The van der Waals surface area contributed by atoms with Crippen molar-refractivity contribution in [2.75, 3.05) is 0 Å². The van der Waals surface area contributed by atoms with Gasteiger partial charge in [0.05, 0.1) is 28.5 Å². The monoisotopic (exact) mass is 444 g/mol. The first-order chi connectivity index (χ1) is 14.7. The van der Waals surface area contributed by atoms with Gasteiger partial charge in [0.15, 0.2) is 0 Å². The highest BCUT2D eigenvalue weighted by atomic mass is 32.1. The Morgan fingerprint density at radius 3 is 2.68 bits per heavy atom. The minimum atomic E-state index is -4.85. The summed E-state index contributed by atoms with van der Waals surface area (Å²) >= 11 is 1.11. The lowest BCUT2D eigenvalue weighted by Gasteiger charge is -2.14. The maximum absolute atomic E-state index is 13.1. The standard InChI is InChI=1S/C20H11F3N4O3S/c1-26-16(20(21,22)23)8-17(28)27(19(26)29)13-2-3-15-14(7-13)18(25-31-15)12(9-24)6-11-4-5-30-10-11/h2-8,10H,1H3. The number of nitrogens with zero attached hydrogens (tertiary/aromatic N) is 4. The summed E-state index contributed by atoms with van der Waals surface area (Å²) in [7, 11) is 0.943. The number of allylic oxidation sites excluding steroid dienone is 1. The summed E-state index contributed by atoms with van der Waals surface area (Å²) in [6.07, 6.45) is -0.387. The molecule has 0 saturated heterocycles. The van der Waals surface area contributed by atoms with Crippen LogP contribution in [0.15, 0.2) is 56.9 Å². The van der Waals surface area contributed by atoms with Gasteiger partial charge in [-0.05, 0) is 41.9 Å². The molecule has 31 heavy (non-hydrogen) atoms. The fourth-order valence-electron chi connectivity index (χ4n) is 3.07. The summed E-state index contributed by atoms with van der Waals surface area (Å²) in [5, 5.41) is 10.1. The van der Waals surface area contributed by atoms with E-state index in [0.717, 1.165) is 18.6 Å². The maximum atomic E-state index is 13.1. The van der Waals surface area contributed by atoms with Crippen molar-refractivity contribution in [3.63, 3.8) is 0 Å². The van der Waals surface area contributed by atoms with Gasteiger partial charge in [-0.1, -0.05) is 0 Å². The molecule has 0 aliphatic carbocycles. The summed E-state index contributed by atoms with van der Waals surface area (Å²) < 4.78 is 50.2. The van der Waals surface area contributed by atoms with Crippen LogP contribution in [0.2, 0.25) is 0 Å². The second-order valence-electron chi connectivity index (χ2n) is 6.48. The first-order valence-corrected chi connectivity index (χ1v) is 9.42. The number of furan rings is 1. The molecule has 0 amide bonds. The highest BCUT2D eigenvalue weighted by Crippen LogP contribution is 2.31. The molecule has 4 aromatic rings. The topological polar surface area (TPSA) is 93.8 Å². The molecule has 7 nitrogen and oxygen atoms in total. The zero-order valence-electron chi connectivity index (χ0n) is 15.7. The largest absolute Gasteiger partial charge is 0.472 e. The van der Waals surface area contributed by atoms with Crippen LogP contribution in [0.5, 0.6) is 0 Å². The highest BCUT2D eigenvalue weighted by Gasteiger charge is 2.35. The van der Waals surface area contributed by atoms with Crippen LogP contribution >= 0.6 is 11.5 Å². The molecular formula is C20H11F3N4O3S. The number of fused-ring (bicyclic) bond motifs is 1. The van der Waals surface area contributed by atoms with E-state index >= 15 is 0 Å². The average molecular weight is 444 g/mol. The van der Waals surface area contributed by atoms with Gasteiger partial charge >= 0.3 is 11.9 Å². The predicted octanol–water partition coefficient (Wildman–Crippen LogP) is 3.82. The van der Waals surface area contributed by atoms with E-state index in [1.54, 1.807) is 18.2 Å². The molecule has 0 bridgehead atoms. The highest BCUT2D eigenvalue weighted by molar-refractivity contribution is 7.13. The molecule has 0 fully saturated rings. The van der Waals surface area contributed by atoms with Gasteiger partial charge in [-0.15, -0.1) is 0 Å². The van der Waals surface area contributed by atoms with Crippen molar-refractivity contribution < 1.29 is 17.6 Å². The van der Waals surface area contributed by atoms with Crippen LogP contribution in [0.4, 0.5) is 13.2 Å². The van der Waals surface area contributed by atoms with E-state index in [-0.39, 0.29) is 11.3 Å². The molecule has 4 rings (SSSR count). The SMILES string of the molecule is Cn1c(C(F)(F)F)cc(=O)n(-c2ccc3snc(C(C#N)=Cc4ccoc4)c3c2)c1=O.